The molecule has 0 aliphatic rings. The summed E-state index contributed by atoms with van der Waals surface area (Å²) >= 11 is 0. The quantitative estimate of drug-likeness (QED) is 0.0181. The van der Waals surface area contributed by atoms with Crippen LogP contribution in [0.4, 0.5) is 0 Å². The van der Waals surface area contributed by atoms with Gasteiger partial charge in [-0.25, -0.2) is 8.42 Å². The summed E-state index contributed by atoms with van der Waals surface area (Å²) in [5.74, 6) is 0. The maximum Gasteiger partial charge on any atom is 1.00 e. The van der Waals surface area contributed by atoms with Crippen LogP contribution < -0.4 is 29.6 Å². The van der Waals surface area contributed by atoms with Crippen molar-refractivity contribution in [2.45, 2.75) is 110 Å². The SMILES string of the molecule is CN=[N+]=[N-].CO.COCC(COCC(COCC(COCC(COCC(COCC(COCCO)OC)OC)OC)OC)OC)OC.COCC(COCC(COCC(COCC(COCC(COCC(COCCOCCN=[N+]=[N-])OC)OC)OC)OC)OC)OC.COCC(COCC(COCC(COCC(COCC(COCC(COCCOCCOS(C)(=O)=O)OC)OC)OC)OC)OC)OC.CS(C)(=O)=O.[N-]=[N+]=[N-].[Na+]. The Morgan fingerprint density at radius 3 is 0.473 bits per heavy atom. The number of aliphatic hydroxyl groups is 2. The van der Waals surface area contributed by atoms with Crippen molar-refractivity contribution in [1.29, 1.82) is 0 Å². The Balaban J connectivity index is -0.000000315. The first kappa shape index (κ1) is 162. The van der Waals surface area contributed by atoms with Crippen LogP contribution in [0.5, 0.6) is 0 Å². The fraction of sp³-hybridized carbons (Fsp3) is 1.00. The van der Waals surface area contributed by atoms with E-state index >= 15 is 0 Å². The zero-order valence-electron chi connectivity index (χ0n) is 94.4. The number of aliphatic hydroxyl groups excluding tert-OH is 2. The van der Waals surface area contributed by atoms with Crippen molar-refractivity contribution in [2.75, 3.05) is 486 Å². The van der Waals surface area contributed by atoms with Crippen LogP contribution in [0.25, 0.3) is 36.9 Å². The standard InChI is InChI=1S/C30H62O17S.C29H59N3O14.C27H56O14.C2H6O2S.CH3N3.CH4O.N3.Na/c1-33-13-25(34-2)15-42-17-27(36-4)19-44-21-29(38-6)23-46-24-30(39-7)22-45-20-28(37-5)18-43-16-26(35-3)14-41-10-9-40-11-12-47-48(8,31)32;1-33-12-24(34-2)14-42-16-26(36-4)18-44-20-28(38-6)22-46-23-29(39-7)21-45-19-27(37-5)17-43-15-25(35-3)13-41-11-10-40-9-8-31-32-30;1-29-10-22(30-2)12-37-14-24(32-4)16-39-18-26(34-6)20-41-21-27(35-7)19-40-17-25(33-5)15-38-13-23(31-3)11-36-9-8-28;1-5(2,3)4;1-3-4-2;1-2;1-3-2;/h25-30H,9-24H2,1-8H3;24-29H,8-23H2,1-7H3;22-28H,8-21H2,1-7H3;1-2H3;1H3;2H,1H3;;/q;;;;;;-1;+1. The van der Waals surface area contributed by atoms with Crippen molar-refractivity contribution in [3.63, 3.8) is 0 Å². The Kier molecular flexibility index (Phi) is 137. The number of sulfone groups is 1. The van der Waals surface area contributed by atoms with E-state index in [1.54, 1.807) is 149 Å². The van der Waals surface area contributed by atoms with Crippen LogP contribution in [-0.4, -0.2) is 623 Å². The molecule has 0 saturated heterocycles. The maximum absolute atomic E-state index is 10.9. The third-order valence-electron chi connectivity index (χ3n) is 19.1. The van der Waals surface area contributed by atoms with Crippen LogP contribution in [0.1, 0.15) is 0 Å². The summed E-state index contributed by atoms with van der Waals surface area (Å²) in [6.07, 6.45) is -1.03. The van der Waals surface area contributed by atoms with Crippen LogP contribution in [0.3, 0.4) is 0 Å². The van der Waals surface area contributed by atoms with E-state index < -0.39 is 20.0 Å². The van der Waals surface area contributed by atoms with Gasteiger partial charge < -0.3 is 215 Å². The molecule has 0 saturated carbocycles. The van der Waals surface area contributed by atoms with Gasteiger partial charge >= 0.3 is 29.6 Å². The molecule has 150 heavy (non-hydrogen) atoms. The van der Waals surface area contributed by atoms with E-state index in [1.807, 2.05) is 0 Å². The van der Waals surface area contributed by atoms with E-state index in [0.717, 1.165) is 25.9 Å². The van der Waals surface area contributed by atoms with Gasteiger partial charge in [0.25, 0.3) is 10.1 Å². The molecule has 0 fully saturated rings. The average molecular weight is 2250 g/mol. The molecule has 0 aliphatic carbocycles. The zero-order chi connectivity index (χ0) is 113. The molecular weight excluding hydrogens is 2060 g/mol. The number of methoxy groups -OCH3 is 21. The largest absolute Gasteiger partial charge is 1.00 e. The van der Waals surface area contributed by atoms with Gasteiger partial charge in [0, 0.05) is 192 Å². The number of ether oxygens (including phenoxy) is 41. The maximum atomic E-state index is 10.9. The predicted molar refractivity (Wildman–Crippen MR) is 542 cm³/mol. The smallest absolute Gasteiger partial charge is 0.400 e. The molecule has 0 heterocycles. The Morgan fingerprint density at radius 1 is 0.220 bits per heavy atom. The minimum atomic E-state index is -3.47. The van der Waals surface area contributed by atoms with Gasteiger partial charge in [0.2, 0.25) is 0 Å². The van der Waals surface area contributed by atoms with Crippen LogP contribution in [-0.2, 0) is 218 Å². The topological polar surface area (TPSA) is 653 Å². The van der Waals surface area contributed by atoms with E-state index in [-0.39, 0.29) is 166 Å². The van der Waals surface area contributed by atoms with Crippen LogP contribution in [0.15, 0.2) is 10.2 Å². The van der Waals surface area contributed by atoms with Gasteiger partial charge in [0.1, 0.15) is 120 Å². The Morgan fingerprint density at radius 2 is 0.347 bits per heavy atom. The van der Waals surface area contributed by atoms with E-state index in [4.69, 9.17) is 227 Å². The van der Waals surface area contributed by atoms with Crippen molar-refractivity contribution < 1.29 is 255 Å². The molecule has 0 radical (unpaired) electrons. The van der Waals surface area contributed by atoms with E-state index in [0.29, 0.717) is 277 Å². The molecule has 18 unspecified atom stereocenters. The third kappa shape index (κ3) is 118. The fourth-order valence-corrected chi connectivity index (χ4v) is 10.8. The van der Waals surface area contributed by atoms with Crippen LogP contribution in [0.2, 0.25) is 0 Å². The first-order valence-corrected chi connectivity index (χ1v) is 51.6. The van der Waals surface area contributed by atoms with Gasteiger partial charge in [-0.2, -0.15) is 8.42 Å². The third-order valence-corrected chi connectivity index (χ3v) is 19.7. The monoisotopic (exact) mass is 2250 g/mol. The van der Waals surface area contributed by atoms with Gasteiger partial charge in [-0.1, -0.05) is 10.2 Å². The molecule has 0 aromatic rings. The number of hydrogen-bond donors (Lipinski definition) is 2. The zero-order valence-corrected chi connectivity index (χ0v) is 98.1. The molecule has 0 aromatic carbocycles. The Hall–Kier alpha value is -2.93. The molecule has 0 bridgehead atoms. The number of azide groups is 2. The number of rotatable bonds is 105. The summed E-state index contributed by atoms with van der Waals surface area (Å²) in [5, 5.41) is 22.1. The number of nitrogens with zero attached hydrogens (tertiary/aromatic N) is 9. The molecule has 0 rings (SSSR count). The van der Waals surface area contributed by atoms with Gasteiger partial charge in [-0.05, 0) is 11.1 Å². The summed E-state index contributed by atoms with van der Waals surface area (Å²) in [6.45, 7) is 14.7. The predicted octanol–water partition coefficient (Wildman–Crippen LogP) is -1.15. The second-order valence-corrected chi connectivity index (χ2v) is 35.0. The van der Waals surface area contributed by atoms with Crippen molar-refractivity contribution in [3.8, 4) is 0 Å². The molecule has 18 atom stereocenters. The molecule has 2 N–H and O–H groups in total. The molecule has 0 spiro atoms. The van der Waals surface area contributed by atoms with E-state index in [1.165, 1.54) is 12.0 Å². The molecular formula is C90H190N9NaO48S2. The van der Waals surface area contributed by atoms with Gasteiger partial charge in [-0.15, -0.1) is 0 Å². The molecule has 0 aliphatic heterocycles. The second-order valence-electron chi connectivity index (χ2n) is 31.0. The summed E-state index contributed by atoms with van der Waals surface area (Å²) in [4.78, 5) is 6.52. The summed E-state index contributed by atoms with van der Waals surface area (Å²) < 4.78 is 272. The molecule has 896 valence electrons. The Bertz CT molecular complexity index is 3060. The molecule has 57 nitrogen and oxygen atoms in total. The number of hydrogen-bond acceptors (Lipinski definition) is 50. The molecule has 60 heteroatoms. The van der Waals surface area contributed by atoms with Gasteiger partial charge in [0.05, 0.1) is 304 Å². The minimum Gasteiger partial charge on any atom is -0.400 e. The average Bonchev–Trinajstić information content (AvgIpc) is 0.971. The van der Waals surface area contributed by atoms with Crippen LogP contribution >= 0.6 is 0 Å². The Labute approximate surface area is 913 Å². The normalized spacial score (nSPS) is 15.0. The molecule has 0 aromatic heterocycles. The van der Waals surface area contributed by atoms with Crippen LogP contribution in [0, 0.1) is 0 Å². The van der Waals surface area contributed by atoms with E-state index in [2.05, 4.69) is 24.2 Å². The van der Waals surface area contributed by atoms with Crippen molar-refractivity contribution in [1.82, 2.24) is 0 Å². The summed E-state index contributed by atoms with van der Waals surface area (Å²) in [7, 11) is 29.9. The fourth-order valence-electron chi connectivity index (χ4n) is 10.4. The van der Waals surface area contributed by atoms with E-state index in [9.17, 15) is 16.8 Å². The van der Waals surface area contributed by atoms with Gasteiger partial charge in [0.15, 0.2) is 0 Å². The summed E-state index contributed by atoms with van der Waals surface area (Å²) in [5.41, 5.74) is 29.1. The summed E-state index contributed by atoms with van der Waals surface area (Å²) in [6, 6.07) is 0. The second kappa shape index (κ2) is 126. The van der Waals surface area contributed by atoms with Crippen molar-refractivity contribution >= 4 is 20.0 Å². The minimum absolute atomic E-state index is 0. The van der Waals surface area contributed by atoms with Gasteiger partial charge in [-0.3, -0.25) is 9.09 Å². The molecule has 0 amide bonds. The van der Waals surface area contributed by atoms with Crippen molar-refractivity contribution in [2.24, 2.45) is 10.2 Å². The van der Waals surface area contributed by atoms with Crippen molar-refractivity contribution in [3.05, 3.63) is 36.9 Å². The first-order chi connectivity index (χ1) is 72.0. The first-order valence-electron chi connectivity index (χ1n) is 47.5.